The lowest BCUT2D eigenvalue weighted by Crippen LogP contribution is -2.08. The molecule has 0 aliphatic rings. The summed E-state index contributed by atoms with van der Waals surface area (Å²) in [5, 5.41) is 14.9. The zero-order chi connectivity index (χ0) is 21.8. The number of halogens is 1. The highest BCUT2D eigenvalue weighted by atomic mass is 32.1. The molecule has 158 valence electrons. The Morgan fingerprint density at radius 2 is 1.94 bits per heavy atom. The highest BCUT2D eigenvalue weighted by Crippen LogP contribution is 2.26. The number of carboxylic acid groups (broad SMARTS) is 1. The standard InChI is InChI=1S/C24H22FN3O2S/c1-2-15-11-18(4-3-17(15)12-23(29)30)20-13-22(28-14-27-20)26-9-7-16-5-6-21-19(24(16)25)8-10-31-21/h3-6,8,10-11,13-14H,2,7,9,12H2,1H3,(H,29,30)(H,26,27,28). The van der Waals surface area contributed by atoms with E-state index in [9.17, 15) is 9.18 Å². The van der Waals surface area contributed by atoms with Crippen LogP contribution in [0, 0.1) is 5.82 Å². The van der Waals surface area contributed by atoms with E-state index in [0.29, 0.717) is 29.7 Å². The Labute approximate surface area is 183 Å². The Bertz CT molecular complexity index is 1240. The zero-order valence-electron chi connectivity index (χ0n) is 17.1. The van der Waals surface area contributed by atoms with Crippen molar-refractivity contribution in [3.63, 3.8) is 0 Å². The van der Waals surface area contributed by atoms with Crippen molar-refractivity contribution in [2.24, 2.45) is 0 Å². The van der Waals surface area contributed by atoms with E-state index in [4.69, 9.17) is 5.11 Å². The van der Waals surface area contributed by atoms with Crippen LogP contribution in [0.15, 0.2) is 54.2 Å². The molecule has 0 atom stereocenters. The average molecular weight is 436 g/mol. The number of aryl methyl sites for hydroxylation is 1. The summed E-state index contributed by atoms with van der Waals surface area (Å²) in [5.74, 6) is -0.335. The molecule has 2 aromatic heterocycles. The predicted molar refractivity (Wildman–Crippen MR) is 122 cm³/mol. The Balaban J connectivity index is 1.47. The van der Waals surface area contributed by atoms with Crippen molar-refractivity contribution in [1.29, 1.82) is 0 Å². The zero-order valence-corrected chi connectivity index (χ0v) is 17.9. The summed E-state index contributed by atoms with van der Waals surface area (Å²) in [7, 11) is 0. The van der Waals surface area contributed by atoms with Crippen molar-refractivity contribution in [2.45, 2.75) is 26.2 Å². The molecule has 2 heterocycles. The maximum atomic E-state index is 14.6. The van der Waals surface area contributed by atoms with Gasteiger partial charge < -0.3 is 10.4 Å². The number of benzene rings is 2. The molecule has 0 saturated carbocycles. The SMILES string of the molecule is CCc1cc(-c2cc(NCCc3ccc4sccc4c3F)ncn2)ccc1CC(=O)O. The quantitative estimate of drug-likeness (QED) is 0.391. The lowest BCUT2D eigenvalue weighted by molar-refractivity contribution is -0.136. The second kappa shape index (κ2) is 9.22. The molecule has 5 nitrogen and oxygen atoms in total. The van der Waals surface area contributed by atoms with Crippen molar-refractivity contribution in [1.82, 2.24) is 9.97 Å². The van der Waals surface area contributed by atoms with Crippen LogP contribution >= 0.6 is 11.3 Å². The molecular weight excluding hydrogens is 413 g/mol. The smallest absolute Gasteiger partial charge is 0.307 e. The van der Waals surface area contributed by atoms with Crippen molar-refractivity contribution in [3.8, 4) is 11.3 Å². The highest BCUT2D eigenvalue weighted by molar-refractivity contribution is 7.17. The number of nitrogens with one attached hydrogen (secondary N) is 1. The molecule has 0 spiro atoms. The number of aliphatic carboxylic acids is 1. The van der Waals surface area contributed by atoms with Gasteiger partial charge in [-0.2, -0.15) is 0 Å². The summed E-state index contributed by atoms with van der Waals surface area (Å²) in [6.45, 7) is 2.55. The number of aromatic nitrogens is 2. The maximum absolute atomic E-state index is 14.6. The van der Waals surface area contributed by atoms with Crippen molar-refractivity contribution >= 4 is 33.2 Å². The topological polar surface area (TPSA) is 75.1 Å². The second-order valence-electron chi connectivity index (χ2n) is 7.24. The summed E-state index contributed by atoms with van der Waals surface area (Å²) in [5.41, 5.74) is 4.14. The molecule has 0 unspecified atom stereocenters. The minimum atomic E-state index is -0.842. The largest absolute Gasteiger partial charge is 0.481 e. The Kier molecular flexibility index (Phi) is 6.23. The first kappa shape index (κ1) is 20.9. The van der Waals surface area contributed by atoms with Gasteiger partial charge in [-0.1, -0.05) is 25.1 Å². The van der Waals surface area contributed by atoms with Gasteiger partial charge in [-0.25, -0.2) is 14.4 Å². The number of thiophene rings is 1. The second-order valence-corrected chi connectivity index (χ2v) is 8.19. The normalized spacial score (nSPS) is 11.0. The fourth-order valence-electron chi connectivity index (χ4n) is 3.63. The minimum Gasteiger partial charge on any atom is -0.481 e. The van der Waals surface area contributed by atoms with E-state index >= 15 is 0 Å². The Morgan fingerprint density at radius 3 is 2.74 bits per heavy atom. The van der Waals surface area contributed by atoms with Gasteiger partial charge in [0.05, 0.1) is 12.1 Å². The third-order valence-electron chi connectivity index (χ3n) is 5.24. The van der Waals surface area contributed by atoms with Crippen LogP contribution in [0.2, 0.25) is 0 Å². The van der Waals surface area contributed by atoms with Crippen LogP contribution in [0.1, 0.15) is 23.6 Å². The van der Waals surface area contributed by atoms with Gasteiger partial charge >= 0.3 is 5.97 Å². The number of anilines is 1. The van der Waals surface area contributed by atoms with Gasteiger partial charge in [-0.3, -0.25) is 4.79 Å². The van der Waals surface area contributed by atoms with Gasteiger partial charge in [-0.05, 0) is 53.1 Å². The van der Waals surface area contributed by atoms with Gasteiger partial charge in [0.1, 0.15) is 18.0 Å². The van der Waals surface area contributed by atoms with E-state index in [1.807, 2.05) is 54.8 Å². The van der Waals surface area contributed by atoms with Crippen molar-refractivity contribution < 1.29 is 14.3 Å². The highest BCUT2D eigenvalue weighted by Gasteiger charge is 2.10. The molecule has 0 aliphatic heterocycles. The number of carbonyl (C=O) groups is 1. The first-order chi connectivity index (χ1) is 15.0. The number of nitrogens with zero attached hydrogens (tertiary/aromatic N) is 2. The van der Waals surface area contributed by atoms with E-state index in [-0.39, 0.29) is 12.2 Å². The fourth-order valence-corrected chi connectivity index (χ4v) is 4.42. The molecule has 0 aliphatic carbocycles. The van der Waals surface area contributed by atoms with Crippen LogP contribution in [0.5, 0.6) is 0 Å². The number of hydrogen-bond donors (Lipinski definition) is 2. The number of carboxylic acids is 1. The molecule has 2 N–H and O–H groups in total. The molecule has 2 aromatic carbocycles. The third-order valence-corrected chi connectivity index (χ3v) is 6.12. The van der Waals surface area contributed by atoms with Gasteiger partial charge in [0.2, 0.25) is 0 Å². The van der Waals surface area contributed by atoms with Crippen molar-refractivity contribution in [2.75, 3.05) is 11.9 Å². The minimum absolute atomic E-state index is 0.00770. The summed E-state index contributed by atoms with van der Waals surface area (Å²) < 4.78 is 15.6. The summed E-state index contributed by atoms with van der Waals surface area (Å²) in [6.07, 6.45) is 2.79. The van der Waals surface area contributed by atoms with Crippen LogP contribution in [0.3, 0.4) is 0 Å². The molecular formula is C24H22FN3O2S. The first-order valence-electron chi connectivity index (χ1n) is 10.1. The van der Waals surface area contributed by atoms with Crippen LogP contribution in [-0.4, -0.2) is 27.6 Å². The lowest BCUT2D eigenvalue weighted by atomic mass is 9.98. The Hall–Kier alpha value is -3.32. The summed E-state index contributed by atoms with van der Waals surface area (Å²) in [6, 6.07) is 13.2. The molecule has 31 heavy (non-hydrogen) atoms. The van der Waals surface area contributed by atoms with Gasteiger partial charge in [0.25, 0.3) is 0 Å². The molecule has 4 aromatic rings. The van der Waals surface area contributed by atoms with Gasteiger partial charge in [0.15, 0.2) is 0 Å². The van der Waals surface area contributed by atoms with Gasteiger partial charge in [-0.15, -0.1) is 11.3 Å². The van der Waals surface area contributed by atoms with Crippen LogP contribution in [0.4, 0.5) is 10.2 Å². The summed E-state index contributed by atoms with van der Waals surface area (Å²) >= 11 is 1.53. The van der Waals surface area contributed by atoms with E-state index in [0.717, 1.165) is 33.5 Å². The predicted octanol–water partition coefficient (Wildman–Crippen LogP) is 5.34. The maximum Gasteiger partial charge on any atom is 0.307 e. The molecule has 7 heteroatoms. The Morgan fingerprint density at radius 1 is 1.10 bits per heavy atom. The van der Waals surface area contributed by atoms with Crippen LogP contribution in [0.25, 0.3) is 21.3 Å². The number of fused-ring (bicyclic) bond motifs is 1. The molecule has 0 bridgehead atoms. The first-order valence-corrected chi connectivity index (χ1v) is 11.0. The monoisotopic (exact) mass is 435 g/mol. The van der Waals surface area contributed by atoms with Crippen LogP contribution in [-0.2, 0) is 24.1 Å². The van der Waals surface area contributed by atoms with Crippen molar-refractivity contribution in [3.05, 3.63) is 76.7 Å². The molecule has 0 radical (unpaired) electrons. The molecule has 0 fully saturated rings. The van der Waals surface area contributed by atoms with Crippen LogP contribution < -0.4 is 5.32 Å². The van der Waals surface area contributed by atoms with E-state index < -0.39 is 5.97 Å². The van der Waals surface area contributed by atoms with E-state index in [1.54, 1.807) is 0 Å². The van der Waals surface area contributed by atoms with E-state index in [1.165, 1.54) is 17.7 Å². The fraction of sp³-hybridized carbons (Fsp3) is 0.208. The lowest BCUT2D eigenvalue weighted by Gasteiger charge is -2.11. The number of hydrogen-bond acceptors (Lipinski definition) is 5. The van der Waals surface area contributed by atoms with Gasteiger partial charge in [0, 0.05) is 28.3 Å². The average Bonchev–Trinajstić information content (AvgIpc) is 3.25. The number of rotatable bonds is 8. The molecule has 4 rings (SSSR count). The van der Waals surface area contributed by atoms with E-state index in [2.05, 4.69) is 15.3 Å². The third kappa shape index (κ3) is 4.72. The molecule has 0 amide bonds. The molecule has 0 saturated heterocycles. The summed E-state index contributed by atoms with van der Waals surface area (Å²) in [4.78, 5) is 19.7.